The number of ether oxygens (including phenoxy) is 1. The van der Waals surface area contributed by atoms with Gasteiger partial charge in [0.1, 0.15) is 11.6 Å². The van der Waals surface area contributed by atoms with Crippen LogP contribution in [-0.2, 0) is 20.5 Å². The van der Waals surface area contributed by atoms with Crippen molar-refractivity contribution in [2.24, 2.45) is 5.92 Å². The Kier molecular flexibility index (Phi) is 10.1. The number of hydrogen-bond acceptors (Lipinski definition) is 6. The zero-order valence-electron chi connectivity index (χ0n) is 25.9. The highest BCUT2D eigenvalue weighted by atomic mass is 28.4. The molecular weight excluding hydrogens is 542 g/mol. The lowest BCUT2D eigenvalue weighted by Crippen LogP contribution is -2.67. The number of esters is 1. The number of aliphatic hydroxyl groups is 2. The summed E-state index contributed by atoms with van der Waals surface area (Å²) >= 11 is 0. The monoisotopic (exact) mass is 589 g/mol. The number of benzene rings is 3. The Morgan fingerprint density at radius 1 is 0.881 bits per heavy atom. The molecule has 1 heterocycles. The predicted octanol–water partition coefficient (Wildman–Crippen LogP) is 4.52. The van der Waals surface area contributed by atoms with E-state index in [1.165, 1.54) is 10.4 Å². The first-order valence-corrected chi connectivity index (χ1v) is 16.8. The molecule has 1 fully saturated rings. The van der Waals surface area contributed by atoms with Crippen LogP contribution in [0.15, 0.2) is 91.0 Å². The average Bonchev–Trinajstić information content (AvgIpc) is 3.31. The fourth-order valence-electron chi connectivity index (χ4n) is 6.45. The standard InChI is InChI=1S/C35H47NO5Si/c1-34(2,3)41-33(39)30-22-27(32(31(38)24-37)36(30)23-26-16-10-7-11-17-26)25-40-42(35(4,5)6,28-18-12-8-13-19-28)29-20-14-9-15-21-29/h7-21,27,30-32,37-38H,22-25H2,1-6H3/t27-,30?,31?,32+/m0/s1. The Morgan fingerprint density at radius 2 is 1.38 bits per heavy atom. The molecule has 1 saturated heterocycles. The zero-order valence-corrected chi connectivity index (χ0v) is 26.9. The van der Waals surface area contributed by atoms with Gasteiger partial charge in [0.15, 0.2) is 0 Å². The van der Waals surface area contributed by atoms with Crippen molar-refractivity contribution in [2.45, 2.75) is 83.3 Å². The highest BCUT2D eigenvalue weighted by Crippen LogP contribution is 2.40. The van der Waals surface area contributed by atoms with Gasteiger partial charge in [-0.05, 0) is 48.2 Å². The van der Waals surface area contributed by atoms with E-state index < -0.39 is 38.7 Å². The molecule has 4 rings (SSSR count). The van der Waals surface area contributed by atoms with Crippen LogP contribution in [0.25, 0.3) is 0 Å². The maximum absolute atomic E-state index is 13.6. The second kappa shape index (κ2) is 13.2. The van der Waals surface area contributed by atoms with Gasteiger partial charge in [0, 0.05) is 25.1 Å². The first-order chi connectivity index (χ1) is 19.9. The SMILES string of the molecule is CC(C)(C)OC(=O)C1C[C@@H](CO[Si](c2ccccc2)(c2ccccc2)C(C)(C)C)[C@H](C(O)CO)N1Cc1ccccc1. The van der Waals surface area contributed by atoms with Gasteiger partial charge in [-0.25, -0.2) is 0 Å². The summed E-state index contributed by atoms with van der Waals surface area (Å²) in [6.07, 6.45) is -0.587. The molecule has 0 radical (unpaired) electrons. The van der Waals surface area contributed by atoms with Crippen molar-refractivity contribution < 1.29 is 24.2 Å². The number of aliphatic hydroxyl groups excluding tert-OH is 2. The molecule has 0 saturated carbocycles. The van der Waals surface area contributed by atoms with E-state index in [4.69, 9.17) is 9.16 Å². The molecule has 0 bridgehead atoms. The fraction of sp³-hybridized carbons (Fsp3) is 0.457. The van der Waals surface area contributed by atoms with E-state index in [-0.39, 0.29) is 16.9 Å². The lowest BCUT2D eigenvalue weighted by molar-refractivity contribution is -0.161. The maximum Gasteiger partial charge on any atom is 0.323 e. The number of rotatable bonds is 10. The normalized spacial score (nSPS) is 20.8. The molecule has 226 valence electrons. The van der Waals surface area contributed by atoms with Gasteiger partial charge in [-0.15, -0.1) is 0 Å². The van der Waals surface area contributed by atoms with Crippen molar-refractivity contribution in [2.75, 3.05) is 13.2 Å². The van der Waals surface area contributed by atoms with E-state index in [0.717, 1.165) is 5.56 Å². The van der Waals surface area contributed by atoms with Gasteiger partial charge in [-0.1, -0.05) is 112 Å². The molecule has 0 aliphatic carbocycles. The number of carbonyl (C=O) groups is 1. The first kappa shape index (κ1) is 32.1. The van der Waals surface area contributed by atoms with Crippen LogP contribution in [0.1, 0.15) is 53.5 Å². The van der Waals surface area contributed by atoms with E-state index in [1.807, 2.05) is 68.1 Å². The zero-order chi connectivity index (χ0) is 30.5. The topological polar surface area (TPSA) is 79.2 Å². The second-order valence-corrected chi connectivity index (χ2v) is 17.7. The van der Waals surface area contributed by atoms with Crippen molar-refractivity contribution in [3.05, 3.63) is 96.6 Å². The van der Waals surface area contributed by atoms with Crippen molar-refractivity contribution >= 4 is 24.7 Å². The van der Waals surface area contributed by atoms with Crippen LogP contribution in [0.2, 0.25) is 5.04 Å². The van der Waals surface area contributed by atoms with Crippen LogP contribution in [0.4, 0.5) is 0 Å². The van der Waals surface area contributed by atoms with E-state index >= 15 is 0 Å². The minimum atomic E-state index is -2.85. The van der Waals surface area contributed by atoms with Crippen molar-refractivity contribution in [3.63, 3.8) is 0 Å². The van der Waals surface area contributed by atoms with Crippen LogP contribution in [0, 0.1) is 5.92 Å². The predicted molar refractivity (Wildman–Crippen MR) is 170 cm³/mol. The van der Waals surface area contributed by atoms with Gasteiger partial charge in [0.2, 0.25) is 0 Å². The molecule has 7 heteroatoms. The van der Waals surface area contributed by atoms with E-state index in [2.05, 4.69) is 69.3 Å². The highest BCUT2D eigenvalue weighted by Gasteiger charge is 2.53. The molecule has 3 aromatic rings. The highest BCUT2D eigenvalue weighted by molar-refractivity contribution is 6.99. The van der Waals surface area contributed by atoms with Crippen molar-refractivity contribution in [3.8, 4) is 0 Å². The lowest BCUT2D eigenvalue weighted by atomic mass is 9.96. The van der Waals surface area contributed by atoms with Gasteiger partial charge in [-0.2, -0.15) is 0 Å². The maximum atomic E-state index is 13.6. The van der Waals surface area contributed by atoms with Crippen LogP contribution in [-0.4, -0.2) is 66.4 Å². The van der Waals surface area contributed by atoms with Crippen LogP contribution in [0.3, 0.4) is 0 Å². The first-order valence-electron chi connectivity index (χ1n) is 14.9. The lowest BCUT2D eigenvalue weighted by Gasteiger charge is -2.44. The second-order valence-electron chi connectivity index (χ2n) is 13.4. The summed E-state index contributed by atoms with van der Waals surface area (Å²) in [4.78, 5) is 15.6. The summed E-state index contributed by atoms with van der Waals surface area (Å²) in [7, 11) is -2.85. The number of likely N-dealkylation sites (tertiary alicyclic amines) is 1. The average molecular weight is 590 g/mol. The summed E-state index contributed by atoms with van der Waals surface area (Å²) in [6, 6.07) is 29.8. The summed E-state index contributed by atoms with van der Waals surface area (Å²) in [5, 5.41) is 23.6. The summed E-state index contributed by atoms with van der Waals surface area (Å²) in [5.74, 6) is -0.531. The van der Waals surface area contributed by atoms with Crippen LogP contribution in [0.5, 0.6) is 0 Å². The molecule has 4 atom stereocenters. The fourth-order valence-corrected chi connectivity index (χ4v) is 11.1. The smallest absolute Gasteiger partial charge is 0.323 e. The van der Waals surface area contributed by atoms with Gasteiger partial charge in [0.05, 0.1) is 12.7 Å². The largest absolute Gasteiger partial charge is 0.459 e. The molecule has 0 aromatic heterocycles. The van der Waals surface area contributed by atoms with E-state index in [1.54, 1.807) is 0 Å². The quantitative estimate of drug-likeness (QED) is 0.268. The minimum Gasteiger partial charge on any atom is -0.459 e. The molecule has 1 aliphatic rings. The van der Waals surface area contributed by atoms with Crippen molar-refractivity contribution in [1.29, 1.82) is 0 Å². The Labute approximate surface area is 252 Å². The summed E-state index contributed by atoms with van der Waals surface area (Å²) in [5.41, 5.74) is 0.374. The Morgan fingerprint density at radius 3 is 1.83 bits per heavy atom. The Hall–Kier alpha value is -2.81. The van der Waals surface area contributed by atoms with Crippen LogP contribution >= 0.6 is 0 Å². The summed E-state index contributed by atoms with van der Waals surface area (Å²) < 4.78 is 13.2. The molecule has 3 aromatic carbocycles. The van der Waals surface area contributed by atoms with Crippen molar-refractivity contribution in [1.82, 2.24) is 4.90 Å². The molecule has 2 N–H and O–H groups in total. The number of hydrogen-bond donors (Lipinski definition) is 2. The molecule has 42 heavy (non-hydrogen) atoms. The third-order valence-corrected chi connectivity index (χ3v) is 13.2. The number of carbonyl (C=O) groups excluding carboxylic acids is 1. The molecule has 6 nitrogen and oxygen atoms in total. The van der Waals surface area contributed by atoms with Crippen LogP contribution < -0.4 is 10.4 Å². The molecule has 0 spiro atoms. The third-order valence-electron chi connectivity index (χ3n) is 8.19. The molecule has 1 aliphatic heterocycles. The Bertz CT molecular complexity index is 1230. The molecule has 0 amide bonds. The summed E-state index contributed by atoms with van der Waals surface area (Å²) in [6.45, 7) is 12.7. The van der Waals surface area contributed by atoms with Gasteiger partial charge < -0.3 is 19.4 Å². The van der Waals surface area contributed by atoms with Gasteiger partial charge in [-0.3, -0.25) is 9.69 Å². The number of nitrogens with zero attached hydrogens (tertiary/aromatic N) is 1. The molecule has 2 unspecified atom stereocenters. The molecular formula is C35H47NO5Si. The minimum absolute atomic E-state index is 0.213. The Balaban J connectivity index is 1.76. The van der Waals surface area contributed by atoms with E-state index in [0.29, 0.717) is 19.6 Å². The third kappa shape index (κ3) is 7.04. The van der Waals surface area contributed by atoms with Gasteiger partial charge in [0.25, 0.3) is 8.32 Å². The van der Waals surface area contributed by atoms with E-state index in [9.17, 15) is 15.0 Å². The van der Waals surface area contributed by atoms with Gasteiger partial charge >= 0.3 is 5.97 Å².